The molecule has 2 aromatic rings. The summed E-state index contributed by atoms with van der Waals surface area (Å²) in [4.78, 5) is 24.1. The van der Waals surface area contributed by atoms with Crippen molar-refractivity contribution in [3.05, 3.63) is 46.5 Å². The highest BCUT2D eigenvalue weighted by Crippen LogP contribution is 2.36. The second kappa shape index (κ2) is 8.83. The van der Waals surface area contributed by atoms with Gasteiger partial charge in [0.2, 0.25) is 5.91 Å². The van der Waals surface area contributed by atoms with Gasteiger partial charge in [-0.3, -0.25) is 14.9 Å². The fourth-order valence-corrected chi connectivity index (χ4v) is 3.50. The number of hydrogen-bond acceptors (Lipinski definition) is 7. The van der Waals surface area contributed by atoms with Crippen molar-refractivity contribution in [1.29, 1.82) is 0 Å². The van der Waals surface area contributed by atoms with E-state index < -0.39 is 10.2 Å². The molecule has 0 saturated heterocycles. The number of amides is 1. The molecule has 0 bridgehead atoms. The average Bonchev–Trinajstić information content (AvgIpc) is 2.93. The predicted molar refractivity (Wildman–Crippen MR) is 106 cm³/mol. The van der Waals surface area contributed by atoms with Crippen LogP contribution >= 0.6 is 11.8 Å². The number of hydrogen-bond donors (Lipinski definition) is 1. The Labute approximate surface area is 166 Å². The number of anilines is 1. The molecule has 1 heterocycles. The third-order valence-corrected chi connectivity index (χ3v) is 5.15. The van der Waals surface area contributed by atoms with Crippen LogP contribution < -0.4 is 19.5 Å². The van der Waals surface area contributed by atoms with Crippen LogP contribution in [0.1, 0.15) is 13.3 Å². The third-order valence-electron chi connectivity index (χ3n) is 4.06. The highest BCUT2D eigenvalue weighted by atomic mass is 32.2. The van der Waals surface area contributed by atoms with E-state index in [9.17, 15) is 14.9 Å². The maximum Gasteiger partial charge on any atom is 0.296 e. The molecule has 0 aliphatic carbocycles. The Balaban J connectivity index is 1.70. The molecule has 0 aromatic heterocycles. The van der Waals surface area contributed by atoms with Gasteiger partial charge in [0.05, 0.1) is 36.6 Å². The van der Waals surface area contributed by atoms with Gasteiger partial charge in [0.1, 0.15) is 11.4 Å². The summed E-state index contributed by atoms with van der Waals surface area (Å²) in [5, 5.41) is 13.4. The summed E-state index contributed by atoms with van der Waals surface area (Å²) < 4.78 is 16.3. The van der Waals surface area contributed by atoms with Crippen LogP contribution in [-0.4, -0.2) is 36.4 Å². The summed E-state index contributed by atoms with van der Waals surface area (Å²) in [5.74, 6) is 1.35. The highest BCUT2D eigenvalue weighted by molar-refractivity contribution is 8.00. The lowest BCUT2D eigenvalue weighted by molar-refractivity contribution is -0.384. The SMILES string of the molecule is COc1ccc(NC(=O)[C@H](C)Sc2ccc3c(c2)OCCCO3)c([N+](=O)[O-])c1. The van der Waals surface area contributed by atoms with E-state index in [-0.39, 0.29) is 17.3 Å². The van der Waals surface area contributed by atoms with Crippen molar-refractivity contribution in [3.63, 3.8) is 0 Å². The minimum atomic E-state index is -0.556. The summed E-state index contributed by atoms with van der Waals surface area (Å²) in [5.41, 5.74) is -0.0950. The van der Waals surface area contributed by atoms with E-state index in [0.29, 0.717) is 30.5 Å². The van der Waals surface area contributed by atoms with E-state index >= 15 is 0 Å². The molecule has 0 radical (unpaired) electrons. The lowest BCUT2D eigenvalue weighted by Crippen LogP contribution is -2.22. The molecule has 0 fully saturated rings. The number of fused-ring (bicyclic) bond motifs is 1. The van der Waals surface area contributed by atoms with Crippen LogP contribution in [0.4, 0.5) is 11.4 Å². The summed E-state index contributed by atoms with van der Waals surface area (Å²) in [6.45, 7) is 2.93. The van der Waals surface area contributed by atoms with Gasteiger partial charge in [0.25, 0.3) is 5.69 Å². The van der Waals surface area contributed by atoms with Crippen LogP contribution in [0.15, 0.2) is 41.3 Å². The fourth-order valence-electron chi connectivity index (χ4n) is 2.60. The second-order valence-corrected chi connectivity index (χ2v) is 7.46. The standard InChI is InChI=1S/C19H20N2O6S/c1-12(28-14-5-7-17-18(11-14)27-9-3-8-26-17)19(22)20-15-6-4-13(25-2)10-16(15)21(23)24/h4-7,10-12H,3,8-9H2,1-2H3,(H,20,22)/t12-/m0/s1. The number of ether oxygens (including phenoxy) is 3. The van der Waals surface area contributed by atoms with Gasteiger partial charge in [0, 0.05) is 11.3 Å². The maximum atomic E-state index is 12.5. The van der Waals surface area contributed by atoms with Gasteiger partial charge in [-0.25, -0.2) is 0 Å². The molecule has 0 unspecified atom stereocenters. The molecule has 8 nitrogen and oxygen atoms in total. The molecule has 1 aliphatic rings. The molecular weight excluding hydrogens is 384 g/mol. The first kappa shape index (κ1) is 19.8. The van der Waals surface area contributed by atoms with E-state index in [1.807, 2.05) is 18.2 Å². The van der Waals surface area contributed by atoms with Crippen LogP contribution in [0.2, 0.25) is 0 Å². The number of rotatable bonds is 6. The van der Waals surface area contributed by atoms with Crippen LogP contribution in [-0.2, 0) is 4.79 Å². The third kappa shape index (κ3) is 4.66. The topological polar surface area (TPSA) is 99.9 Å². The number of carbonyl (C=O) groups is 1. The number of nitro benzene ring substituents is 1. The zero-order chi connectivity index (χ0) is 20.1. The van der Waals surface area contributed by atoms with Crippen molar-refractivity contribution in [1.82, 2.24) is 0 Å². The summed E-state index contributed by atoms with van der Waals surface area (Å²) in [6.07, 6.45) is 0.816. The number of nitro groups is 1. The van der Waals surface area contributed by atoms with Crippen molar-refractivity contribution in [2.75, 3.05) is 25.6 Å². The van der Waals surface area contributed by atoms with Crippen molar-refractivity contribution in [2.45, 2.75) is 23.5 Å². The van der Waals surface area contributed by atoms with E-state index in [1.54, 1.807) is 13.0 Å². The van der Waals surface area contributed by atoms with Crippen molar-refractivity contribution in [3.8, 4) is 17.2 Å². The maximum absolute atomic E-state index is 12.5. The quantitative estimate of drug-likeness (QED) is 0.443. The first-order valence-electron chi connectivity index (χ1n) is 8.67. The van der Waals surface area contributed by atoms with Crippen molar-refractivity contribution in [2.24, 2.45) is 0 Å². The van der Waals surface area contributed by atoms with Gasteiger partial charge in [-0.1, -0.05) is 0 Å². The smallest absolute Gasteiger partial charge is 0.296 e. The first-order chi connectivity index (χ1) is 13.5. The molecular formula is C19H20N2O6S. The molecule has 1 atom stereocenters. The Hall–Kier alpha value is -2.94. The number of methoxy groups -OCH3 is 1. The van der Waals surface area contributed by atoms with E-state index in [0.717, 1.165) is 11.3 Å². The largest absolute Gasteiger partial charge is 0.496 e. The van der Waals surface area contributed by atoms with Crippen LogP contribution in [0.3, 0.4) is 0 Å². The molecule has 0 saturated carbocycles. The molecule has 2 aromatic carbocycles. The molecule has 1 aliphatic heterocycles. The lowest BCUT2D eigenvalue weighted by Gasteiger charge is -2.14. The van der Waals surface area contributed by atoms with Crippen molar-refractivity contribution < 1.29 is 23.9 Å². The molecule has 9 heteroatoms. The summed E-state index contributed by atoms with van der Waals surface area (Å²) in [6, 6.07) is 9.81. The molecule has 148 valence electrons. The van der Waals surface area contributed by atoms with E-state index in [4.69, 9.17) is 14.2 Å². The molecule has 28 heavy (non-hydrogen) atoms. The Kier molecular flexibility index (Phi) is 6.25. The van der Waals surface area contributed by atoms with Gasteiger partial charge in [-0.15, -0.1) is 11.8 Å². The monoisotopic (exact) mass is 404 g/mol. The zero-order valence-electron chi connectivity index (χ0n) is 15.5. The lowest BCUT2D eigenvalue weighted by atomic mass is 10.2. The first-order valence-corrected chi connectivity index (χ1v) is 9.55. The van der Waals surface area contributed by atoms with Crippen LogP contribution in [0.5, 0.6) is 17.2 Å². The minimum Gasteiger partial charge on any atom is -0.496 e. The Bertz CT molecular complexity index is 889. The van der Waals surface area contributed by atoms with E-state index in [2.05, 4.69) is 5.32 Å². The molecule has 0 spiro atoms. The fraction of sp³-hybridized carbons (Fsp3) is 0.316. The zero-order valence-corrected chi connectivity index (χ0v) is 16.3. The van der Waals surface area contributed by atoms with Crippen LogP contribution in [0.25, 0.3) is 0 Å². The highest BCUT2D eigenvalue weighted by Gasteiger charge is 2.21. The van der Waals surface area contributed by atoms with Gasteiger partial charge in [0.15, 0.2) is 11.5 Å². The number of thioether (sulfide) groups is 1. The molecule has 3 rings (SSSR count). The normalized spacial score (nSPS) is 13.9. The number of carbonyl (C=O) groups excluding carboxylic acids is 1. The number of benzene rings is 2. The summed E-state index contributed by atoms with van der Waals surface area (Å²) >= 11 is 1.33. The second-order valence-electron chi connectivity index (χ2n) is 6.05. The number of nitrogens with zero attached hydrogens (tertiary/aromatic N) is 1. The van der Waals surface area contributed by atoms with Gasteiger partial charge in [-0.05, 0) is 37.3 Å². The van der Waals surface area contributed by atoms with E-state index in [1.165, 1.54) is 31.0 Å². The Morgan fingerprint density at radius 3 is 2.68 bits per heavy atom. The number of nitrogens with one attached hydrogen (secondary N) is 1. The Morgan fingerprint density at radius 1 is 1.21 bits per heavy atom. The van der Waals surface area contributed by atoms with Crippen molar-refractivity contribution >= 4 is 29.0 Å². The summed E-state index contributed by atoms with van der Waals surface area (Å²) in [7, 11) is 1.42. The minimum absolute atomic E-state index is 0.127. The average molecular weight is 404 g/mol. The van der Waals surface area contributed by atoms with Crippen LogP contribution in [0, 0.1) is 10.1 Å². The Morgan fingerprint density at radius 2 is 1.96 bits per heavy atom. The predicted octanol–water partition coefficient (Wildman–Crippen LogP) is 3.88. The molecule has 1 N–H and O–H groups in total. The van der Waals surface area contributed by atoms with Gasteiger partial charge < -0.3 is 19.5 Å². The molecule has 1 amide bonds. The van der Waals surface area contributed by atoms with Gasteiger partial charge >= 0.3 is 0 Å². The van der Waals surface area contributed by atoms with Gasteiger partial charge in [-0.2, -0.15) is 0 Å².